The van der Waals surface area contributed by atoms with Crippen molar-refractivity contribution in [1.82, 2.24) is 15.5 Å². The number of carbonyl (C=O) groups is 4. The molecule has 2 aromatic carbocycles. The predicted molar refractivity (Wildman–Crippen MR) is 137 cm³/mol. The van der Waals surface area contributed by atoms with E-state index in [0.717, 1.165) is 11.1 Å². The average Bonchev–Trinajstić information content (AvgIpc) is 3.41. The number of amides is 3. The highest BCUT2D eigenvalue weighted by atomic mass is 16.5. The number of nitrogens with zero attached hydrogens (tertiary/aromatic N) is 1. The van der Waals surface area contributed by atoms with Crippen molar-refractivity contribution in [3.63, 3.8) is 0 Å². The summed E-state index contributed by atoms with van der Waals surface area (Å²) in [6, 6.07) is 16.8. The normalized spacial score (nSPS) is 17.3. The van der Waals surface area contributed by atoms with Crippen molar-refractivity contribution in [3.8, 4) is 0 Å². The summed E-state index contributed by atoms with van der Waals surface area (Å²) in [7, 11) is 1.29. The molecule has 1 heterocycles. The fourth-order valence-electron chi connectivity index (χ4n) is 4.33. The molecule has 0 spiro atoms. The molecule has 198 valence electrons. The molecule has 1 fully saturated rings. The summed E-state index contributed by atoms with van der Waals surface area (Å²) >= 11 is 0. The highest BCUT2D eigenvalue weighted by Crippen LogP contribution is 2.24. The van der Waals surface area contributed by atoms with Crippen LogP contribution in [0.3, 0.4) is 0 Å². The van der Waals surface area contributed by atoms with Gasteiger partial charge in [0.15, 0.2) is 0 Å². The van der Waals surface area contributed by atoms with Gasteiger partial charge in [-0.15, -0.1) is 0 Å². The standard InChI is InChI=1S/C28H35N3O6/c1-4-28(2,26(34)31-17-11-16-23(31)25(33)36-3)30-24(32)22(18-20-12-7-5-8-13-20)29-27(35)37-19-21-14-9-6-10-15-21/h5-10,12-15,22-23H,4,11,16-19H2,1-3H3,(H,29,35)(H,30,32)/t22-,23-,28+/m0/s1. The summed E-state index contributed by atoms with van der Waals surface area (Å²) in [5.41, 5.74) is 0.371. The molecule has 0 aromatic heterocycles. The van der Waals surface area contributed by atoms with Crippen LogP contribution in [0.15, 0.2) is 60.7 Å². The molecule has 2 N–H and O–H groups in total. The highest BCUT2D eigenvalue weighted by molar-refractivity contribution is 5.96. The third-order valence-corrected chi connectivity index (χ3v) is 6.67. The number of likely N-dealkylation sites (tertiary alicyclic amines) is 1. The van der Waals surface area contributed by atoms with Crippen molar-refractivity contribution in [1.29, 1.82) is 0 Å². The Morgan fingerprint density at radius 1 is 1.03 bits per heavy atom. The monoisotopic (exact) mass is 509 g/mol. The van der Waals surface area contributed by atoms with Gasteiger partial charge in [0.25, 0.3) is 0 Å². The van der Waals surface area contributed by atoms with Crippen LogP contribution < -0.4 is 10.6 Å². The van der Waals surface area contributed by atoms with Crippen LogP contribution in [0, 0.1) is 0 Å². The van der Waals surface area contributed by atoms with Gasteiger partial charge >= 0.3 is 12.1 Å². The number of rotatable bonds is 10. The van der Waals surface area contributed by atoms with E-state index in [1.165, 1.54) is 12.0 Å². The summed E-state index contributed by atoms with van der Waals surface area (Å²) in [5.74, 6) is -1.35. The zero-order valence-electron chi connectivity index (χ0n) is 21.6. The van der Waals surface area contributed by atoms with Crippen LogP contribution in [0.1, 0.15) is 44.2 Å². The molecule has 3 atom stereocenters. The average molecular weight is 510 g/mol. The molecule has 37 heavy (non-hydrogen) atoms. The molecule has 0 aliphatic carbocycles. The topological polar surface area (TPSA) is 114 Å². The zero-order valence-corrected chi connectivity index (χ0v) is 21.6. The molecule has 2 aromatic rings. The van der Waals surface area contributed by atoms with Gasteiger partial charge in [0, 0.05) is 13.0 Å². The van der Waals surface area contributed by atoms with Crippen molar-refractivity contribution in [2.24, 2.45) is 0 Å². The smallest absolute Gasteiger partial charge is 0.408 e. The summed E-state index contributed by atoms with van der Waals surface area (Å²) in [6.45, 7) is 3.88. The van der Waals surface area contributed by atoms with Crippen molar-refractivity contribution >= 4 is 23.9 Å². The first-order valence-corrected chi connectivity index (χ1v) is 12.5. The summed E-state index contributed by atoms with van der Waals surface area (Å²) in [4.78, 5) is 53.3. The highest BCUT2D eigenvalue weighted by Gasteiger charge is 2.44. The fraction of sp³-hybridized carbons (Fsp3) is 0.429. The molecular weight excluding hydrogens is 474 g/mol. The summed E-state index contributed by atoms with van der Waals surface area (Å²) in [6.07, 6.45) is 0.936. The van der Waals surface area contributed by atoms with E-state index in [9.17, 15) is 19.2 Å². The second kappa shape index (κ2) is 12.9. The number of alkyl carbamates (subject to hydrolysis) is 1. The number of hydrogen-bond acceptors (Lipinski definition) is 6. The van der Waals surface area contributed by atoms with Crippen LogP contribution in [-0.4, -0.2) is 60.1 Å². The van der Waals surface area contributed by atoms with E-state index in [2.05, 4.69) is 10.6 Å². The summed E-state index contributed by atoms with van der Waals surface area (Å²) < 4.78 is 10.2. The van der Waals surface area contributed by atoms with Gasteiger partial charge in [-0.25, -0.2) is 9.59 Å². The number of hydrogen-bond donors (Lipinski definition) is 2. The zero-order chi connectivity index (χ0) is 26.8. The van der Waals surface area contributed by atoms with Crippen LogP contribution in [0.2, 0.25) is 0 Å². The molecule has 1 aliphatic rings. The van der Waals surface area contributed by atoms with E-state index in [4.69, 9.17) is 9.47 Å². The van der Waals surface area contributed by atoms with Crippen LogP contribution in [0.4, 0.5) is 4.79 Å². The largest absolute Gasteiger partial charge is 0.467 e. The SMILES string of the molecule is CC[C@@](C)(NC(=O)[C@H](Cc1ccccc1)NC(=O)OCc1ccccc1)C(=O)N1CCC[C@H]1C(=O)OC. The van der Waals surface area contributed by atoms with Crippen LogP contribution >= 0.6 is 0 Å². The molecule has 9 nitrogen and oxygen atoms in total. The number of benzene rings is 2. The predicted octanol–water partition coefficient (Wildman–Crippen LogP) is 2.97. The Morgan fingerprint density at radius 2 is 1.65 bits per heavy atom. The number of nitrogens with one attached hydrogen (secondary N) is 2. The number of methoxy groups -OCH3 is 1. The lowest BCUT2D eigenvalue weighted by atomic mass is 9.94. The van der Waals surface area contributed by atoms with E-state index in [0.29, 0.717) is 25.8 Å². The van der Waals surface area contributed by atoms with Gasteiger partial charge in [-0.2, -0.15) is 0 Å². The number of ether oxygens (including phenoxy) is 2. The second-order valence-corrected chi connectivity index (χ2v) is 9.30. The number of esters is 1. The molecule has 0 saturated carbocycles. The fourth-order valence-corrected chi connectivity index (χ4v) is 4.33. The van der Waals surface area contributed by atoms with Gasteiger partial charge in [-0.1, -0.05) is 67.6 Å². The quantitative estimate of drug-likeness (QED) is 0.476. The lowest BCUT2D eigenvalue weighted by molar-refractivity contribution is -0.153. The third kappa shape index (κ3) is 7.31. The maximum absolute atomic E-state index is 13.5. The minimum absolute atomic E-state index is 0.0569. The third-order valence-electron chi connectivity index (χ3n) is 6.67. The van der Waals surface area contributed by atoms with E-state index in [1.54, 1.807) is 13.8 Å². The van der Waals surface area contributed by atoms with Gasteiger partial charge in [0.05, 0.1) is 7.11 Å². The first-order chi connectivity index (χ1) is 17.8. The minimum atomic E-state index is -1.28. The van der Waals surface area contributed by atoms with Crippen molar-refractivity contribution < 1.29 is 28.7 Å². The Bertz CT molecular complexity index is 1080. The van der Waals surface area contributed by atoms with E-state index >= 15 is 0 Å². The molecule has 0 radical (unpaired) electrons. The Hall–Kier alpha value is -3.88. The van der Waals surface area contributed by atoms with E-state index in [1.807, 2.05) is 60.7 Å². The molecule has 3 amide bonds. The molecule has 1 saturated heterocycles. The first kappa shape index (κ1) is 27.7. The lowest BCUT2D eigenvalue weighted by Gasteiger charge is -2.35. The molecular formula is C28H35N3O6. The van der Waals surface area contributed by atoms with Gasteiger partial charge in [-0.05, 0) is 37.3 Å². The molecule has 1 aliphatic heterocycles. The molecule has 0 unspecified atom stereocenters. The Labute approximate surface area is 217 Å². The second-order valence-electron chi connectivity index (χ2n) is 9.30. The lowest BCUT2D eigenvalue weighted by Crippen LogP contribution is -2.62. The van der Waals surface area contributed by atoms with Crippen LogP contribution in [-0.2, 0) is 36.9 Å². The Kier molecular flexibility index (Phi) is 9.65. The van der Waals surface area contributed by atoms with Crippen molar-refractivity contribution in [2.45, 2.75) is 63.8 Å². The van der Waals surface area contributed by atoms with Crippen LogP contribution in [0.5, 0.6) is 0 Å². The number of carbonyl (C=O) groups excluding carboxylic acids is 4. The molecule has 9 heteroatoms. The first-order valence-electron chi connectivity index (χ1n) is 12.5. The van der Waals surface area contributed by atoms with Gasteiger partial charge in [0.1, 0.15) is 24.2 Å². The maximum Gasteiger partial charge on any atom is 0.408 e. The Balaban J connectivity index is 1.74. The van der Waals surface area contributed by atoms with Gasteiger partial charge in [0.2, 0.25) is 11.8 Å². The van der Waals surface area contributed by atoms with E-state index < -0.39 is 35.6 Å². The van der Waals surface area contributed by atoms with Gasteiger partial charge in [-0.3, -0.25) is 9.59 Å². The van der Waals surface area contributed by atoms with E-state index in [-0.39, 0.29) is 18.9 Å². The Morgan fingerprint density at radius 3 is 2.24 bits per heavy atom. The van der Waals surface area contributed by atoms with Crippen LogP contribution in [0.25, 0.3) is 0 Å². The maximum atomic E-state index is 13.5. The molecule has 3 rings (SSSR count). The molecule has 0 bridgehead atoms. The van der Waals surface area contributed by atoms with Gasteiger partial charge < -0.3 is 25.0 Å². The van der Waals surface area contributed by atoms with Crippen molar-refractivity contribution in [3.05, 3.63) is 71.8 Å². The summed E-state index contributed by atoms with van der Waals surface area (Å²) in [5, 5.41) is 5.50. The minimum Gasteiger partial charge on any atom is -0.467 e. The van der Waals surface area contributed by atoms with Crippen molar-refractivity contribution in [2.75, 3.05) is 13.7 Å².